The molecule has 0 aromatic heterocycles. The first-order valence-electron chi connectivity index (χ1n) is 16.8. The normalized spacial score (nSPS) is 23.6. The molecule has 0 spiro atoms. The number of benzene rings is 5. The Labute approximate surface area is 305 Å². The molecule has 1 saturated heterocycles. The van der Waals surface area contributed by atoms with Crippen molar-refractivity contribution in [1.82, 2.24) is 0 Å². The molecule has 2 fully saturated rings. The Kier molecular flexibility index (Phi) is 7.86. The van der Waals surface area contributed by atoms with E-state index in [0.717, 1.165) is 16.0 Å². The second-order valence-corrected chi connectivity index (χ2v) is 14.0. The summed E-state index contributed by atoms with van der Waals surface area (Å²) in [7, 11) is 0. The number of nitrogens with zero attached hydrogens (tertiary/aromatic N) is 1. The van der Waals surface area contributed by atoms with Crippen LogP contribution in [0.3, 0.4) is 0 Å². The monoisotopic (exact) mass is 711 g/mol. The highest BCUT2D eigenvalue weighted by Crippen LogP contribution is 2.74. The third-order valence-corrected chi connectivity index (χ3v) is 11.1. The second-order valence-electron chi connectivity index (χ2n) is 13.1. The Morgan fingerprint density at radius 3 is 1.53 bits per heavy atom. The number of hydrogen-bond acceptors (Lipinski definition) is 5. The summed E-state index contributed by atoms with van der Waals surface area (Å²) in [6.07, 6.45) is 0. The SMILES string of the molecule is CCOc1ccc(C(C)=O)cc1N1C(=O)[C@H]2[C@H](C1=O)[C@@]1(c3ccc(Cl)cc3)C(=O)[C@@]2(c2ccc(Cl)cc2)C(c2ccccc2)=C1c1ccccc1. The zero-order chi connectivity index (χ0) is 35.7. The van der Waals surface area contributed by atoms with Gasteiger partial charge in [-0.25, -0.2) is 4.90 Å². The molecule has 0 N–H and O–H groups in total. The highest BCUT2D eigenvalue weighted by molar-refractivity contribution is 6.39. The summed E-state index contributed by atoms with van der Waals surface area (Å²) < 4.78 is 5.96. The van der Waals surface area contributed by atoms with Crippen LogP contribution in [0.2, 0.25) is 10.0 Å². The minimum atomic E-state index is -1.62. The predicted molar refractivity (Wildman–Crippen MR) is 198 cm³/mol. The predicted octanol–water partition coefficient (Wildman–Crippen LogP) is 8.78. The summed E-state index contributed by atoms with van der Waals surface area (Å²) in [5.41, 5.74) is 1.17. The number of fused-ring (bicyclic) bond motifs is 5. The van der Waals surface area contributed by atoms with E-state index in [0.29, 0.717) is 37.9 Å². The van der Waals surface area contributed by atoms with Crippen molar-refractivity contribution in [3.05, 3.63) is 165 Å². The largest absolute Gasteiger partial charge is 0.492 e. The fourth-order valence-electron chi connectivity index (χ4n) is 8.78. The molecule has 1 aliphatic heterocycles. The molecule has 3 aliphatic rings. The summed E-state index contributed by atoms with van der Waals surface area (Å²) >= 11 is 12.9. The van der Waals surface area contributed by atoms with E-state index in [1.807, 2.05) is 60.7 Å². The third kappa shape index (κ3) is 4.49. The molecule has 0 radical (unpaired) electrons. The number of allylic oxidation sites excluding steroid dienone is 2. The topological polar surface area (TPSA) is 80.8 Å². The van der Waals surface area contributed by atoms with Gasteiger partial charge in [0, 0.05) is 15.6 Å². The molecule has 5 aromatic rings. The van der Waals surface area contributed by atoms with Gasteiger partial charge >= 0.3 is 0 Å². The number of carbonyl (C=O) groups excluding carboxylic acids is 4. The summed E-state index contributed by atoms with van der Waals surface area (Å²) in [6.45, 7) is 3.49. The number of halogens is 2. The van der Waals surface area contributed by atoms with Crippen molar-refractivity contribution in [1.29, 1.82) is 0 Å². The van der Waals surface area contributed by atoms with E-state index >= 15 is 14.4 Å². The van der Waals surface area contributed by atoms with Gasteiger partial charge in [-0.2, -0.15) is 0 Å². The number of rotatable bonds is 8. The van der Waals surface area contributed by atoms with Gasteiger partial charge in [-0.05, 0) is 89.7 Å². The molecular formula is C43H31Cl2NO5. The van der Waals surface area contributed by atoms with Gasteiger partial charge in [-0.1, -0.05) is 108 Å². The van der Waals surface area contributed by atoms with Crippen molar-refractivity contribution in [2.75, 3.05) is 11.5 Å². The Morgan fingerprint density at radius 2 is 1.12 bits per heavy atom. The minimum absolute atomic E-state index is 0.167. The van der Waals surface area contributed by atoms with Crippen LogP contribution >= 0.6 is 23.2 Å². The lowest BCUT2D eigenvalue weighted by molar-refractivity contribution is -0.130. The standard InChI is InChI=1S/C43H31Cl2NO5/c1-3-51-34-23-14-28(25(2)47)24-33(34)46-39(48)37-38(40(46)49)43(30-17-21-32(45)22-18-30)36(27-12-8-5-9-13-27)35(26-10-6-4-7-11-26)42(37,41(43)50)29-15-19-31(44)20-16-29/h4-24,37-38H,3H2,1-2H3/t37-,38-,42+,43+/m1/s1. The van der Waals surface area contributed by atoms with Gasteiger partial charge in [-0.3, -0.25) is 19.2 Å². The van der Waals surface area contributed by atoms with Crippen LogP contribution in [0, 0.1) is 11.8 Å². The lowest BCUT2D eigenvalue weighted by Crippen LogP contribution is -2.45. The first kappa shape index (κ1) is 32.9. The van der Waals surface area contributed by atoms with Gasteiger partial charge in [0.2, 0.25) is 11.8 Å². The van der Waals surface area contributed by atoms with E-state index in [2.05, 4.69) is 0 Å². The summed E-state index contributed by atoms with van der Waals surface area (Å²) in [4.78, 5) is 60.7. The highest BCUT2D eigenvalue weighted by Gasteiger charge is 2.83. The van der Waals surface area contributed by atoms with E-state index in [9.17, 15) is 4.79 Å². The molecule has 51 heavy (non-hydrogen) atoms. The summed E-state index contributed by atoms with van der Waals surface area (Å²) in [5, 5.41) is 0.927. The minimum Gasteiger partial charge on any atom is -0.492 e. The van der Waals surface area contributed by atoms with Crippen molar-refractivity contribution in [2.45, 2.75) is 24.7 Å². The molecule has 8 rings (SSSR count). The maximum absolute atomic E-state index is 16.1. The van der Waals surface area contributed by atoms with Crippen LogP contribution in [0.5, 0.6) is 5.75 Å². The van der Waals surface area contributed by atoms with Crippen LogP contribution in [0.4, 0.5) is 5.69 Å². The molecule has 0 unspecified atom stereocenters. The molecule has 1 heterocycles. The molecule has 2 amide bonds. The first-order chi connectivity index (χ1) is 24.7. The number of carbonyl (C=O) groups is 4. The third-order valence-electron chi connectivity index (χ3n) is 10.6. The molecule has 5 aromatic carbocycles. The van der Waals surface area contributed by atoms with E-state index in [1.54, 1.807) is 67.6 Å². The van der Waals surface area contributed by atoms with Crippen molar-refractivity contribution in [2.24, 2.45) is 11.8 Å². The number of hydrogen-bond donors (Lipinski definition) is 0. The van der Waals surface area contributed by atoms with E-state index < -0.39 is 34.5 Å². The second kappa shape index (κ2) is 12.2. The lowest BCUT2D eigenvalue weighted by Gasteiger charge is -2.39. The van der Waals surface area contributed by atoms with Crippen LogP contribution in [-0.2, 0) is 25.2 Å². The van der Waals surface area contributed by atoms with Crippen molar-refractivity contribution >= 4 is 63.4 Å². The van der Waals surface area contributed by atoms with Crippen molar-refractivity contribution < 1.29 is 23.9 Å². The van der Waals surface area contributed by atoms with Gasteiger partial charge in [-0.15, -0.1) is 0 Å². The number of ketones is 2. The number of anilines is 1. The molecule has 2 aliphatic carbocycles. The molecule has 4 atom stereocenters. The molecular weight excluding hydrogens is 681 g/mol. The number of amides is 2. The van der Waals surface area contributed by atoms with Crippen LogP contribution < -0.4 is 9.64 Å². The van der Waals surface area contributed by atoms with Crippen molar-refractivity contribution in [3.8, 4) is 5.75 Å². The Balaban J connectivity index is 1.53. The van der Waals surface area contributed by atoms with Crippen LogP contribution in [-0.4, -0.2) is 30.0 Å². The van der Waals surface area contributed by atoms with Gasteiger partial charge < -0.3 is 4.74 Å². The maximum Gasteiger partial charge on any atom is 0.239 e. The Bertz CT molecular complexity index is 2160. The lowest BCUT2D eigenvalue weighted by atomic mass is 9.59. The fraction of sp³-hybridized carbons (Fsp3) is 0.163. The first-order valence-corrected chi connectivity index (χ1v) is 17.5. The van der Waals surface area contributed by atoms with E-state index in [4.69, 9.17) is 27.9 Å². The van der Waals surface area contributed by atoms with Gasteiger partial charge in [0.15, 0.2) is 11.6 Å². The van der Waals surface area contributed by atoms with Gasteiger partial charge in [0.25, 0.3) is 0 Å². The number of ether oxygens (including phenoxy) is 1. The highest BCUT2D eigenvalue weighted by atomic mass is 35.5. The number of imide groups is 1. The van der Waals surface area contributed by atoms with Crippen molar-refractivity contribution in [3.63, 3.8) is 0 Å². The average molecular weight is 713 g/mol. The molecule has 2 bridgehead atoms. The Hall–Kier alpha value is -5.30. The number of Topliss-reactive ketones (excluding diaryl/α,β-unsaturated/α-hetero) is 2. The zero-order valence-corrected chi connectivity index (χ0v) is 29.2. The molecule has 1 saturated carbocycles. The summed E-state index contributed by atoms with van der Waals surface area (Å²) in [6, 6.07) is 37.9. The zero-order valence-electron chi connectivity index (χ0n) is 27.7. The fourth-order valence-corrected chi connectivity index (χ4v) is 9.04. The Morgan fingerprint density at radius 1 is 0.667 bits per heavy atom. The van der Waals surface area contributed by atoms with Gasteiger partial charge in [0.05, 0.1) is 35.0 Å². The molecule has 8 heteroatoms. The maximum atomic E-state index is 16.1. The quantitative estimate of drug-likeness (QED) is 0.119. The summed E-state index contributed by atoms with van der Waals surface area (Å²) in [5.74, 6) is -3.64. The van der Waals surface area contributed by atoms with E-state index in [-0.39, 0.29) is 29.6 Å². The molecule has 252 valence electrons. The van der Waals surface area contributed by atoms with Crippen LogP contribution in [0.25, 0.3) is 11.1 Å². The van der Waals surface area contributed by atoms with Crippen LogP contribution in [0.1, 0.15) is 46.5 Å². The van der Waals surface area contributed by atoms with Crippen LogP contribution in [0.15, 0.2) is 127 Å². The smallest absolute Gasteiger partial charge is 0.239 e. The van der Waals surface area contributed by atoms with Gasteiger partial charge in [0.1, 0.15) is 5.75 Å². The molecule has 6 nitrogen and oxygen atoms in total. The average Bonchev–Trinajstić information content (AvgIpc) is 3.65. The van der Waals surface area contributed by atoms with E-state index in [1.165, 1.54) is 13.0 Å².